The minimum Gasteiger partial charge on any atom is -0.399 e. The van der Waals surface area contributed by atoms with Crippen LogP contribution in [0.25, 0.3) is 0 Å². The van der Waals surface area contributed by atoms with Crippen molar-refractivity contribution in [2.45, 2.75) is 19.4 Å². The van der Waals surface area contributed by atoms with E-state index in [4.69, 9.17) is 5.73 Å². The molecule has 1 saturated heterocycles. The van der Waals surface area contributed by atoms with Gasteiger partial charge in [0.15, 0.2) is 0 Å². The van der Waals surface area contributed by atoms with E-state index in [1.807, 2.05) is 12.1 Å². The van der Waals surface area contributed by atoms with Gasteiger partial charge in [0.1, 0.15) is 0 Å². The largest absolute Gasteiger partial charge is 0.399 e. The predicted octanol–water partition coefficient (Wildman–Crippen LogP) is 2.08. The Bertz CT molecular complexity index is 383. The number of aliphatic hydroxyl groups excluding tert-OH is 1. The van der Waals surface area contributed by atoms with Gasteiger partial charge in [-0.1, -0.05) is 6.92 Å². The number of hydrogen-bond acceptors (Lipinski definition) is 3. The third-order valence-electron chi connectivity index (χ3n) is 3.35. The second-order valence-electron chi connectivity index (χ2n) is 4.42. The lowest BCUT2D eigenvalue weighted by molar-refractivity contribution is 0.244. The first-order valence-electron chi connectivity index (χ1n) is 5.56. The van der Waals surface area contributed by atoms with E-state index >= 15 is 0 Å². The summed E-state index contributed by atoms with van der Waals surface area (Å²) in [6.45, 7) is 3.44. The Hall–Kier alpha value is -0.490. The van der Waals surface area contributed by atoms with Gasteiger partial charge in [-0.15, -0.1) is 0 Å². The zero-order valence-electron chi connectivity index (χ0n) is 9.36. The number of nitrogen functional groups attached to an aromatic ring is 1. The van der Waals surface area contributed by atoms with Crippen molar-refractivity contribution in [3.63, 3.8) is 0 Å². The van der Waals surface area contributed by atoms with Crippen LogP contribution in [0.2, 0.25) is 0 Å². The normalized spacial score (nSPS) is 25.1. The number of nitrogens with zero attached hydrogens (tertiary/aromatic N) is 1. The molecule has 1 fully saturated rings. The molecule has 1 aromatic carbocycles. The SMILES string of the molecule is CC1CCN(c2ccc(N)cc2I)C1CO. The second kappa shape index (κ2) is 4.79. The Balaban J connectivity index is 2.30. The lowest BCUT2D eigenvalue weighted by Gasteiger charge is -2.28. The van der Waals surface area contributed by atoms with Crippen LogP contribution in [0.1, 0.15) is 13.3 Å². The minimum atomic E-state index is 0.224. The molecule has 0 aliphatic carbocycles. The highest BCUT2D eigenvalue weighted by molar-refractivity contribution is 14.1. The fourth-order valence-corrected chi connectivity index (χ4v) is 3.19. The van der Waals surface area contributed by atoms with Gasteiger partial charge in [0.2, 0.25) is 0 Å². The molecule has 0 saturated carbocycles. The number of halogens is 1. The van der Waals surface area contributed by atoms with Crippen molar-refractivity contribution in [1.82, 2.24) is 0 Å². The smallest absolute Gasteiger partial charge is 0.0637 e. The van der Waals surface area contributed by atoms with Crippen LogP contribution in [0.3, 0.4) is 0 Å². The molecule has 0 spiro atoms. The summed E-state index contributed by atoms with van der Waals surface area (Å²) in [6, 6.07) is 6.21. The molecule has 16 heavy (non-hydrogen) atoms. The molecule has 2 unspecified atom stereocenters. The van der Waals surface area contributed by atoms with Crippen molar-refractivity contribution in [3.8, 4) is 0 Å². The van der Waals surface area contributed by atoms with Crippen LogP contribution in [0, 0.1) is 9.49 Å². The van der Waals surface area contributed by atoms with Gasteiger partial charge >= 0.3 is 0 Å². The minimum absolute atomic E-state index is 0.224. The first-order valence-corrected chi connectivity index (χ1v) is 6.64. The molecule has 3 N–H and O–H groups in total. The van der Waals surface area contributed by atoms with Crippen LogP contribution in [-0.4, -0.2) is 24.3 Å². The highest BCUT2D eigenvalue weighted by atomic mass is 127. The number of nitrogens with two attached hydrogens (primary N) is 1. The Morgan fingerprint density at radius 3 is 2.94 bits per heavy atom. The van der Waals surface area contributed by atoms with E-state index in [2.05, 4.69) is 40.5 Å². The summed E-state index contributed by atoms with van der Waals surface area (Å²) >= 11 is 2.31. The van der Waals surface area contributed by atoms with E-state index < -0.39 is 0 Å². The molecule has 3 nitrogen and oxygen atoms in total. The molecule has 0 aromatic heterocycles. The monoisotopic (exact) mass is 332 g/mol. The molecule has 0 bridgehead atoms. The Morgan fingerprint density at radius 1 is 1.56 bits per heavy atom. The highest BCUT2D eigenvalue weighted by Crippen LogP contribution is 2.33. The number of anilines is 2. The lowest BCUT2D eigenvalue weighted by Crippen LogP contribution is -2.35. The molecule has 1 heterocycles. The molecule has 1 aliphatic heterocycles. The first-order chi connectivity index (χ1) is 7.63. The third kappa shape index (κ3) is 2.13. The average molecular weight is 332 g/mol. The zero-order chi connectivity index (χ0) is 11.7. The van der Waals surface area contributed by atoms with Crippen LogP contribution in [0.4, 0.5) is 11.4 Å². The summed E-state index contributed by atoms with van der Waals surface area (Å²) in [5.74, 6) is 0.554. The first kappa shape index (κ1) is 12.0. The summed E-state index contributed by atoms with van der Waals surface area (Å²) in [6.07, 6.45) is 1.14. The van der Waals surface area contributed by atoms with E-state index in [1.54, 1.807) is 0 Å². The third-order valence-corrected chi connectivity index (χ3v) is 4.21. The number of hydrogen-bond donors (Lipinski definition) is 2. The Morgan fingerprint density at radius 2 is 2.31 bits per heavy atom. The molecule has 4 heteroatoms. The van der Waals surface area contributed by atoms with Crippen molar-refractivity contribution in [1.29, 1.82) is 0 Å². The maximum Gasteiger partial charge on any atom is 0.0637 e. The number of aliphatic hydroxyl groups is 1. The molecule has 0 amide bonds. The summed E-state index contributed by atoms with van der Waals surface area (Å²) < 4.78 is 1.16. The molecule has 2 rings (SSSR count). The number of benzene rings is 1. The van der Waals surface area contributed by atoms with Gasteiger partial charge < -0.3 is 15.7 Å². The standard InChI is InChI=1S/C12H17IN2O/c1-8-4-5-15(12(8)7-16)11-3-2-9(14)6-10(11)13/h2-3,6,8,12,16H,4-5,7,14H2,1H3. The van der Waals surface area contributed by atoms with E-state index in [0.717, 1.165) is 22.2 Å². The summed E-state index contributed by atoms with van der Waals surface area (Å²) in [5.41, 5.74) is 7.73. The average Bonchev–Trinajstić information content (AvgIpc) is 2.59. The maximum atomic E-state index is 9.44. The fraction of sp³-hybridized carbons (Fsp3) is 0.500. The van der Waals surface area contributed by atoms with E-state index in [9.17, 15) is 5.11 Å². The molecule has 2 atom stereocenters. The Labute approximate surface area is 110 Å². The molecule has 88 valence electrons. The van der Waals surface area contributed by atoms with Crippen molar-refractivity contribution in [3.05, 3.63) is 21.8 Å². The van der Waals surface area contributed by atoms with Gasteiger partial charge in [0.05, 0.1) is 18.3 Å². The zero-order valence-corrected chi connectivity index (χ0v) is 11.5. The molecule has 1 aliphatic rings. The number of rotatable bonds is 2. The van der Waals surface area contributed by atoms with Gasteiger partial charge in [-0.25, -0.2) is 0 Å². The molecule has 1 aromatic rings. The van der Waals surface area contributed by atoms with Gasteiger partial charge in [-0.3, -0.25) is 0 Å². The van der Waals surface area contributed by atoms with Crippen LogP contribution in [0.15, 0.2) is 18.2 Å². The second-order valence-corrected chi connectivity index (χ2v) is 5.58. The summed E-state index contributed by atoms with van der Waals surface area (Å²) in [7, 11) is 0. The lowest BCUT2D eigenvalue weighted by atomic mass is 10.0. The molecular formula is C12H17IN2O. The highest BCUT2D eigenvalue weighted by Gasteiger charge is 2.31. The van der Waals surface area contributed by atoms with Gasteiger partial charge in [0.25, 0.3) is 0 Å². The summed E-state index contributed by atoms with van der Waals surface area (Å²) in [4.78, 5) is 2.30. The quantitative estimate of drug-likeness (QED) is 0.644. The Kier molecular flexibility index (Phi) is 3.59. The van der Waals surface area contributed by atoms with Gasteiger partial charge in [-0.05, 0) is 53.1 Å². The van der Waals surface area contributed by atoms with Crippen molar-refractivity contribution in [2.24, 2.45) is 5.92 Å². The summed E-state index contributed by atoms with van der Waals surface area (Å²) in [5, 5.41) is 9.44. The van der Waals surface area contributed by atoms with Crippen LogP contribution in [0.5, 0.6) is 0 Å². The topological polar surface area (TPSA) is 49.5 Å². The predicted molar refractivity (Wildman–Crippen MR) is 75.6 cm³/mol. The van der Waals surface area contributed by atoms with Crippen molar-refractivity contribution < 1.29 is 5.11 Å². The molecular weight excluding hydrogens is 315 g/mol. The van der Waals surface area contributed by atoms with E-state index in [0.29, 0.717) is 5.92 Å². The van der Waals surface area contributed by atoms with Gasteiger partial charge in [-0.2, -0.15) is 0 Å². The van der Waals surface area contributed by atoms with Crippen LogP contribution in [-0.2, 0) is 0 Å². The molecule has 0 radical (unpaired) electrons. The van der Waals surface area contributed by atoms with Crippen LogP contribution >= 0.6 is 22.6 Å². The van der Waals surface area contributed by atoms with Crippen molar-refractivity contribution >= 4 is 34.0 Å². The maximum absolute atomic E-state index is 9.44. The van der Waals surface area contributed by atoms with Crippen LogP contribution < -0.4 is 10.6 Å². The van der Waals surface area contributed by atoms with E-state index in [1.165, 1.54) is 5.69 Å². The van der Waals surface area contributed by atoms with Crippen molar-refractivity contribution in [2.75, 3.05) is 23.8 Å². The van der Waals surface area contributed by atoms with Gasteiger partial charge in [0, 0.05) is 15.8 Å². The van der Waals surface area contributed by atoms with E-state index in [-0.39, 0.29) is 12.6 Å². The fourth-order valence-electron chi connectivity index (χ4n) is 2.34.